The van der Waals surface area contributed by atoms with Gasteiger partial charge in [0.05, 0.1) is 0 Å². The van der Waals surface area contributed by atoms with Gasteiger partial charge < -0.3 is 0 Å². The lowest BCUT2D eigenvalue weighted by Gasteiger charge is -2.17. The topological polar surface area (TPSA) is 0 Å². The van der Waals surface area contributed by atoms with E-state index in [1.165, 1.54) is 24.0 Å². The zero-order valence-corrected chi connectivity index (χ0v) is 10.1. The fraction of sp³-hybridized carbons (Fsp3) is 0.500. The zero-order chi connectivity index (χ0) is 11.3. The summed E-state index contributed by atoms with van der Waals surface area (Å²) in [6.07, 6.45) is 12.8. The molecule has 1 spiro atoms. The molecule has 0 N–H and O–H groups in total. The Kier molecular flexibility index (Phi) is 2.04. The van der Waals surface area contributed by atoms with Crippen LogP contribution in [0.4, 0.5) is 0 Å². The van der Waals surface area contributed by atoms with Gasteiger partial charge in [-0.2, -0.15) is 0 Å². The third kappa shape index (κ3) is 1.36. The Labute approximate surface area is 98.4 Å². The number of hydrogen-bond acceptors (Lipinski definition) is 0. The van der Waals surface area contributed by atoms with Gasteiger partial charge in [0.1, 0.15) is 0 Å². The summed E-state index contributed by atoms with van der Waals surface area (Å²) in [6.45, 7) is 10.3. The molecule has 3 aliphatic rings. The first kappa shape index (κ1) is 10.1. The predicted octanol–water partition coefficient (Wildman–Crippen LogP) is 4.28. The standard InChI is InChI=1S/C16H20/c1-4-5-12(3)13-7-6-11(2)8-14-15-10-16(14,15)9-13/h4,6-7,9,11,14-15H,1,3,5,8,10H2,2H3. The highest BCUT2D eigenvalue weighted by atomic mass is 14.8. The van der Waals surface area contributed by atoms with E-state index < -0.39 is 0 Å². The third-order valence-electron chi connectivity index (χ3n) is 4.62. The summed E-state index contributed by atoms with van der Waals surface area (Å²) in [5.74, 6) is 2.73. The SMILES string of the molecule is C=CCC(=C)C1=CC23CC2C3CC(C)C=C1. The zero-order valence-electron chi connectivity index (χ0n) is 10.1. The minimum atomic E-state index is 0.610. The molecule has 2 saturated carbocycles. The molecule has 0 aromatic carbocycles. The highest BCUT2D eigenvalue weighted by molar-refractivity contribution is 5.47. The van der Waals surface area contributed by atoms with E-state index >= 15 is 0 Å². The fourth-order valence-corrected chi connectivity index (χ4v) is 3.34. The molecule has 0 amide bonds. The van der Waals surface area contributed by atoms with Crippen LogP contribution in [0.5, 0.6) is 0 Å². The molecule has 0 aromatic heterocycles. The molecule has 0 heteroatoms. The summed E-state index contributed by atoms with van der Waals surface area (Å²) in [5.41, 5.74) is 3.21. The third-order valence-corrected chi connectivity index (χ3v) is 4.62. The Hall–Kier alpha value is -1.04. The van der Waals surface area contributed by atoms with Gasteiger partial charge >= 0.3 is 0 Å². The Balaban J connectivity index is 1.87. The lowest BCUT2D eigenvalue weighted by molar-refractivity contribution is 0.455. The van der Waals surface area contributed by atoms with Crippen LogP contribution < -0.4 is 0 Å². The molecule has 2 fully saturated rings. The maximum absolute atomic E-state index is 4.18. The first-order valence-electron chi connectivity index (χ1n) is 6.37. The van der Waals surface area contributed by atoms with Gasteiger partial charge in [0.15, 0.2) is 0 Å². The van der Waals surface area contributed by atoms with Crippen LogP contribution in [0.3, 0.4) is 0 Å². The van der Waals surface area contributed by atoms with Crippen LogP contribution in [0.25, 0.3) is 0 Å². The molecule has 0 saturated heterocycles. The minimum absolute atomic E-state index is 0.610. The van der Waals surface area contributed by atoms with Crippen molar-refractivity contribution in [1.29, 1.82) is 0 Å². The van der Waals surface area contributed by atoms with Gasteiger partial charge in [0, 0.05) is 0 Å². The van der Waals surface area contributed by atoms with Crippen LogP contribution in [-0.2, 0) is 0 Å². The van der Waals surface area contributed by atoms with Gasteiger partial charge in [0.25, 0.3) is 0 Å². The molecular formula is C16H20. The Morgan fingerprint density at radius 3 is 3.06 bits per heavy atom. The molecule has 0 aromatic rings. The van der Waals surface area contributed by atoms with Crippen LogP contribution in [0.1, 0.15) is 26.2 Å². The number of fused-ring (bicyclic) bond motifs is 1. The van der Waals surface area contributed by atoms with Gasteiger partial charge in [-0.15, -0.1) is 6.58 Å². The summed E-state index contributed by atoms with van der Waals surface area (Å²) in [7, 11) is 0. The smallest absolute Gasteiger partial charge is 0.00432 e. The van der Waals surface area contributed by atoms with Crippen LogP contribution in [0.15, 0.2) is 48.6 Å². The molecule has 0 aliphatic heterocycles. The molecule has 0 nitrogen and oxygen atoms in total. The van der Waals surface area contributed by atoms with Crippen LogP contribution in [0, 0.1) is 23.2 Å². The summed E-state index contributed by atoms with van der Waals surface area (Å²) in [5, 5.41) is 0. The maximum atomic E-state index is 4.18. The van der Waals surface area contributed by atoms with Crippen molar-refractivity contribution >= 4 is 0 Å². The first-order valence-corrected chi connectivity index (χ1v) is 6.37. The quantitative estimate of drug-likeness (QED) is 0.613. The fourth-order valence-electron chi connectivity index (χ4n) is 3.34. The minimum Gasteiger partial charge on any atom is -0.103 e. The van der Waals surface area contributed by atoms with Gasteiger partial charge in [-0.3, -0.25) is 0 Å². The molecule has 0 heterocycles. The lowest BCUT2D eigenvalue weighted by atomic mass is 9.88. The van der Waals surface area contributed by atoms with Gasteiger partial charge in [-0.1, -0.05) is 37.8 Å². The van der Waals surface area contributed by atoms with Gasteiger partial charge in [-0.25, -0.2) is 0 Å². The first-order chi connectivity index (χ1) is 7.67. The van der Waals surface area contributed by atoms with Crippen molar-refractivity contribution in [3.8, 4) is 0 Å². The van der Waals surface area contributed by atoms with E-state index in [2.05, 4.69) is 38.3 Å². The van der Waals surface area contributed by atoms with E-state index in [4.69, 9.17) is 0 Å². The van der Waals surface area contributed by atoms with E-state index in [0.29, 0.717) is 5.41 Å². The average Bonchev–Trinajstić information content (AvgIpc) is 3.08. The van der Waals surface area contributed by atoms with Crippen LogP contribution in [-0.4, -0.2) is 0 Å². The summed E-state index contributed by atoms with van der Waals surface area (Å²) in [6, 6.07) is 0. The molecule has 0 radical (unpaired) electrons. The maximum Gasteiger partial charge on any atom is -0.00432 e. The van der Waals surface area contributed by atoms with Crippen LogP contribution in [0.2, 0.25) is 0 Å². The molecule has 0 bridgehead atoms. The van der Waals surface area contributed by atoms with Gasteiger partial charge in [0.2, 0.25) is 0 Å². The summed E-state index contributed by atoms with van der Waals surface area (Å²) < 4.78 is 0. The normalized spacial score (nSPS) is 43.3. The van der Waals surface area contributed by atoms with Crippen molar-refractivity contribution in [3.63, 3.8) is 0 Å². The molecule has 4 unspecified atom stereocenters. The van der Waals surface area contributed by atoms with E-state index in [9.17, 15) is 0 Å². The Morgan fingerprint density at radius 2 is 2.38 bits per heavy atom. The highest BCUT2D eigenvalue weighted by Crippen LogP contribution is 2.82. The monoisotopic (exact) mass is 212 g/mol. The van der Waals surface area contributed by atoms with Crippen molar-refractivity contribution in [2.75, 3.05) is 0 Å². The molecule has 3 rings (SSSR count). The second-order valence-electron chi connectivity index (χ2n) is 5.80. The Bertz CT molecular complexity index is 410. The number of rotatable bonds is 3. The van der Waals surface area contributed by atoms with Crippen molar-refractivity contribution in [2.45, 2.75) is 26.2 Å². The van der Waals surface area contributed by atoms with Crippen LogP contribution >= 0.6 is 0 Å². The van der Waals surface area contributed by atoms with E-state index in [-0.39, 0.29) is 0 Å². The van der Waals surface area contributed by atoms with Crippen molar-refractivity contribution in [2.24, 2.45) is 23.2 Å². The highest BCUT2D eigenvalue weighted by Gasteiger charge is 2.76. The number of allylic oxidation sites excluding steroid dienone is 6. The second kappa shape index (κ2) is 3.23. The predicted molar refractivity (Wildman–Crippen MR) is 69.0 cm³/mol. The molecule has 4 atom stereocenters. The lowest BCUT2D eigenvalue weighted by Crippen LogP contribution is -2.05. The van der Waals surface area contributed by atoms with E-state index in [0.717, 1.165) is 24.2 Å². The average molecular weight is 212 g/mol. The largest absolute Gasteiger partial charge is 0.103 e. The second-order valence-corrected chi connectivity index (χ2v) is 5.80. The molecule has 16 heavy (non-hydrogen) atoms. The van der Waals surface area contributed by atoms with Crippen molar-refractivity contribution in [3.05, 3.63) is 48.6 Å². The van der Waals surface area contributed by atoms with Crippen molar-refractivity contribution < 1.29 is 0 Å². The van der Waals surface area contributed by atoms with E-state index in [1.54, 1.807) is 0 Å². The summed E-state index contributed by atoms with van der Waals surface area (Å²) in [4.78, 5) is 0. The number of hydrogen-bond donors (Lipinski definition) is 0. The van der Waals surface area contributed by atoms with E-state index in [1.807, 2.05) is 6.08 Å². The molecular weight excluding hydrogens is 192 g/mol. The molecule has 3 aliphatic carbocycles. The van der Waals surface area contributed by atoms with Gasteiger partial charge in [-0.05, 0) is 53.6 Å². The molecule has 84 valence electrons. The van der Waals surface area contributed by atoms with Crippen molar-refractivity contribution in [1.82, 2.24) is 0 Å². The Morgan fingerprint density at radius 1 is 1.56 bits per heavy atom. The summed E-state index contributed by atoms with van der Waals surface area (Å²) >= 11 is 0.